The second-order valence-electron chi connectivity index (χ2n) is 8.43. The average Bonchev–Trinajstić information content (AvgIpc) is 2.73. The van der Waals surface area contributed by atoms with E-state index in [1.807, 2.05) is 0 Å². The quantitative estimate of drug-likeness (QED) is 0.551. The Bertz CT molecular complexity index is 1140. The molecule has 0 spiro atoms. The molecule has 2 nitrogen and oxygen atoms in total. The summed E-state index contributed by atoms with van der Waals surface area (Å²) in [6, 6.07) is 22.4. The van der Waals surface area contributed by atoms with Gasteiger partial charge in [0.2, 0.25) is 0 Å². The zero-order valence-electron chi connectivity index (χ0n) is 16.1. The van der Waals surface area contributed by atoms with E-state index < -0.39 is 0 Å². The lowest BCUT2D eigenvalue weighted by Crippen LogP contribution is -2.61. The van der Waals surface area contributed by atoms with Crippen LogP contribution in [-0.2, 0) is 6.54 Å². The fourth-order valence-electron chi connectivity index (χ4n) is 5.68. The van der Waals surface area contributed by atoms with Crippen LogP contribution in [0.15, 0.2) is 85.0 Å². The van der Waals surface area contributed by atoms with Crippen molar-refractivity contribution >= 4 is 22.1 Å². The molecule has 1 aliphatic carbocycles. The van der Waals surface area contributed by atoms with Crippen LogP contribution < -0.4 is 10.2 Å². The molecule has 3 aromatic carbocycles. The highest BCUT2D eigenvalue weighted by Gasteiger charge is 2.50. The van der Waals surface area contributed by atoms with Crippen LogP contribution in [0.1, 0.15) is 30.4 Å². The molecular weight excluding hydrogens is 340 g/mol. The van der Waals surface area contributed by atoms with Gasteiger partial charge in [-0.25, -0.2) is 0 Å². The van der Waals surface area contributed by atoms with E-state index in [9.17, 15) is 0 Å². The van der Waals surface area contributed by atoms with Gasteiger partial charge in [-0.05, 0) is 47.9 Å². The van der Waals surface area contributed by atoms with Crippen molar-refractivity contribution in [3.63, 3.8) is 0 Å². The van der Waals surface area contributed by atoms with Crippen LogP contribution in [0.25, 0.3) is 10.8 Å². The molecule has 28 heavy (non-hydrogen) atoms. The van der Waals surface area contributed by atoms with E-state index in [-0.39, 0.29) is 5.66 Å². The number of hydrogen-bond donors (Lipinski definition) is 1. The van der Waals surface area contributed by atoms with Crippen molar-refractivity contribution in [1.82, 2.24) is 0 Å². The maximum atomic E-state index is 4.00. The summed E-state index contributed by atoms with van der Waals surface area (Å²) in [5.41, 5.74) is 5.38. The summed E-state index contributed by atoms with van der Waals surface area (Å²) in [6.07, 6.45) is 10.2. The Morgan fingerprint density at radius 3 is 2.68 bits per heavy atom. The zero-order valence-corrected chi connectivity index (χ0v) is 16.1. The lowest BCUT2D eigenvalue weighted by Gasteiger charge is -2.56. The Morgan fingerprint density at radius 2 is 1.82 bits per heavy atom. The first kappa shape index (κ1) is 16.0. The number of allylic oxidation sites excluding steroid dienone is 4. The molecular formula is C26H24N2. The number of fused-ring (bicyclic) bond motifs is 3. The minimum atomic E-state index is -0.169. The third-order valence-electron chi connectivity index (χ3n) is 6.89. The molecule has 1 N–H and O–H groups in total. The van der Waals surface area contributed by atoms with E-state index in [1.165, 1.54) is 33.3 Å². The Balaban J connectivity index is 1.61. The smallest absolute Gasteiger partial charge is 0.115 e. The predicted molar refractivity (Wildman–Crippen MR) is 118 cm³/mol. The van der Waals surface area contributed by atoms with E-state index in [0.717, 1.165) is 13.0 Å². The van der Waals surface area contributed by atoms with Crippen LogP contribution in [0.2, 0.25) is 0 Å². The number of hydrogen-bond acceptors (Lipinski definition) is 2. The number of rotatable bonds is 1. The van der Waals surface area contributed by atoms with E-state index >= 15 is 0 Å². The van der Waals surface area contributed by atoms with Gasteiger partial charge in [0.05, 0.1) is 0 Å². The van der Waals surface area contributed by atoms with Crippen LogP contribution in [0.4, 0.5) is 11.4 Å². The first-order chi connectivity index (χ1) is 13.8. The topological polar surface area (TPSA) is 15.3 Å². The Hall–Kier alpha value is -3.00. The van der Waals surface area contributed by atoms with Gasteiger partial charge >= 0.3 is 0 Å². The zero-order chi connectivity index (χ0) is 18.7. The van der Waals surface area contributed by atoms with Gasteiger partial charge in [-0.15, -0.1) is 0 Å². The monoisotopic (exact) mass is 364 g/mol. The summed E-state index contributed by atoms with van der Waals surface area (Å²) in [5, 5.41) is 6.65. The van der Waals surface area contributed by atoms with E-state index in [0.29, 0.717) is 11.8 Å². The van der Waals surface area contributed by atoms with Crippen molar-refractivity contribution in [3.05, 3.63) is 96.1 Å². The van der Waals surface area contributed by atoms with Crippen LogP contribution in [0.3, 0.4) is 0 Å². The highest BCUT2D eigenvalue weighted by molar-refractivity contribution is 6.05. The largest absolute Gasteiger partial charge is 0.362 e. The molecule has 2 aliphatic heterocycles. The van der Waals surface area contributed by atoms with E-state index in [4.69, 9.17) is 0 Å². The molecule has 0 amide bonds. The number of anilines is 2. The second kappa shape index (κ2) is 5.75. The first-order valence-corrected chi connectivity index (χ1v) is 10.2. The Labute approximate surface area is 166 Å². The number of nitrogens with zero attached hydrogens (tertiary/aromatic N) is 1. The number of nitrogens with one attached hydrogen (secondary N) is 1. The third kappa shape index (κ3) is 2.09. The highest BCUT2D eigenvalue weighted by Crippen LogP contribution is 2.53. The fraction of sp³-hybridized carbons (Fsp3) is 0.231. The minimum Gasteiger partial charge on any atom is -0.362 e. The lowest BCUT2D eigenvalue weighted by atomic mass is 9.69. The van der Waals surface area contributed by atoms with Crippen molar-refractivity contribution in [3.8, 4) is 0 Å². The van der Waals surface area contributed by atoms with Crippen LogP contribution in [0.5, 0.6) is 0 Å². The molecule has 2 heterocycles. The molecule has 0 radical (unpaired) electrons. The van der Waals surface area contributed by atoms with Gasteiger partial charge < -0.3 is 10.2 Å². The molecule has 138 valence electrons. The van der Waals surface area contributed by atoms with Crippen LogP contribution >= 0.6 is 0 Å². The summed E-state index contributed by atoms with van der Waals surface area (Å²) >= 11 is 0. The van der Waals surface area contributed by atoms with Gasteiger partial charge in [-0.2, -0.15) is 0 Å². The van der Waals surface area contributed by atoms with Crippen LogP contribution in [0, 0.1) is 5.92 Å². The van der Waals surface area contributed by atoms with Crippen molar-refractivity contribution in [1.29, 1.82) is 0 Å². The van der Waals surface area contributed by atoms with Gasteiger partial charge in [-0.1, -0.05) is 72.8 Å². The Kier molecular flexibility index (Phi) is 3.28. The highest BCUT2D eigenvalue weighted by atomic mass is 15.4. The van der Waals surface area contributed by atoms with Crippen molar-refractivity contribution in [2.24, 2.45) is 5.92 Å². The normalized spacial score (nSPS) is 27.2. The predicted octanol–water partition coefficient (Wildman–Crippen LogP) is 6.22. The van der Waals surface area contributed by atoms with E-state index in [2.05, 4.69) is 102 Å². The Morgan fingerprint density at radius 1 is 0.964 bits per heavy atom. The maximum Gasteiger partial charge on any atom is 0.115 e. The lowest BCUT2D eigenvalue weighted by molar-refractivity contribution is 0.302. The van der Waals surface area contributed by atoms with Gasteiger partial charge in [0, 0.05) is 29.2 Å². The average molecular weight is 364 g/mol. The van der Waals surface area contributed by atoms with Gasteiger partial charge in [0.15, 0.2) is 0 Å². The molecule has 0 aromatic heterocycles. The molecule has 0 fully saturated rings. The second-order valence-corrected chi connectivity index (χ2v) is 8.43. The van der Waals surface area contributed by atoms with Crippen molar-refractivity contribution in [2.45, 2.75) is 31.5 Å². The molecule has 3 aliphatic rings. The van der Waals surface area contributed by atoms with Gasteiger partial charge in [0.25, 0.3) is 0 Å². The molecule has 1 unspecified atom stereocenters. The third-order valence-corrected chi connectivity index (χ3v) is 6.89. The van der Waals surface area contributed by atoms with Crippen molar-refractivity contribution < 1.29 is 0 Å². The van der Waals surface area contributed by atoms with Crippen LogP contribution in [-0.4, -0.2) is 5.66 Å². The molecule has 6 rings (SSSR count). The standard InChI is InChI=1S/C26H24N2/c1-26-25(19-9-3-2-4-10-19)21-14-6-5-11-20(21)17-28(26)23-16-8-13-18-12-7-15-22(27-26)24(18)23/h2-9,11-16,19,25,27H,10,17H2,1H3/t19?,25-,26-/m0/s1. The van der Waals surface area contributed by atoms with Gasteiger partial charge in [0.1, 0.15) is 5.66 Å². The van der Waals surface area contributed by atoms with Gasteiger partial charge in [-0.3, -0.25) is 0 Å². The molecule has 0 saturated heterocycles. The molecule has 0 bridgehead atoms. The molecule has 2 heteroatoms. The van der Waals surface area contributed by atoms with E-state index in [1.54, 1.807) is 0 Å². The summed E-state index contributed by atoms with van der Waals surface area (Å²) in [5.74, 6) is 0.859. The minimum absolute atomic E-state index is 0.169. The summed E-state index contributed by atoms with van der Waals surface area (Å²) in [6.45, 7) is 3.34. The fourth-order valence-corrected chi connectivity index (χ4v) is 5.68. The SMILES string of the molecule is C[C@]12Nc3cccc4cccc(c34)N1Cc1ccccc1[C@@H]2C1C=CC=CC1. The van der Waals surface area contributed by atoms with Crippen molar-refractivity contribution in [2.75, 3.05) is 10.2 Å². The molecule has 0 saturated carbocycles. The maximum absolute atomic E-state index is 4.00. The first-order valence-electron chi connectivity index (χ1n) is 10.2. The summed E-state index contributed by atoms with van der Waals surface area (Å²) in [7, 11) is 0. The molecule has 3 aromatic rings. The summed E-state index contributed by atoms with van der Waals surface area (Å²) in [4.78, 5) is 2.61. The molecule has 3 atom stereocenters. The summed E-state index contributed by atoms with van der Waals surface area (Å²) < 4.78 is 0. The number of benzene rings is 3.